The molecule has 1 atom stereocenters. The first kappa shape index (κ1) is 15.7. The topological polar surface area (TPSA) is 98.5 Å². The molecule has 0 aromatic heterocycles. The predicted molar refractivity (Wildman–Crippen MR) is 72.5 cm³/mol. The van der Waals surface area contributed by atoms with Crippen LogP contribution in [0.2, 0.25) is 0 Å². The number of benzene rings is 1. The lowest BCUT2D eigenvalue weighted by Crippen LogP contribution is -2.45. The van der Waals surface area contributed by atoms with Crippen molar-refractivity contribution in [2.24, 2.45) is 5.73 Å². The van der Waals surface area contributed by atoms with Crippen molar-refractivity contribution in [2.45, 2.75) is 25.3 Å². The van der Waals surface area contributed by atoms with Crippen LogP contribution >= 0.6 is 0 Å². The van der Waals surface area contributed by atoms with Crippen LogP contribution in [0.4, 0.5) is 0 Å². The van der Waals surface area contributed by atoms with Gasteiger partial charge in [-0.2, -0.15) is 0 Å². The summed E-state index contributed by atoms with van der Waals surface area (Å²) < 4.78 is 4.48. The van der Waals surface area contributed by atoms with Crippen molar-refractivity contribution in [2.75, 3.05) is 7.11 Å². The van der Waals surface area contributed by atoms with Gasteiger partial charge in [0.2, 0.25) is 11.8 Å². The van der Waals surface area contributed by atoms with Gasteiger partial charge in [-0.1, -0.05) is 30.3 Å². The van der Waals surface area contributed by atoms with Crippen LogP contribution in [0.25, 0.3) is 0 Å². The number of primary amides is 1. The molecule has 0 fully saturated rings. The maximum atomic E-state index is 11.8. The number of carbonyl (C=O) groups is 3. The van der Waals surface area contributed by atoms with Gasteiger partial charge in [0.05, 0.1) is 13.5 Å². The van der Waals surface area contributed by atoms with E-state index in [9.17, 15) is 14.4 Å². The van der Waals surface area contributed by atoms with Gasteiger partial charge >= 0.3 is 5.97 Å². The molecule has 1 aromatic rings. The molecule has 0 spiro atoms. The van der Waals surface area contributed by atoms with Gasteiger partial charge in [-0.05, 0) is 12.0 Å². The quantitative estimate of drug-likeness (QED) is 0.694. The lowest BCUT2D eigenvalue weighted by molar-refractivity contribution is -0.141. The smallest absolute Gasteiger partial charge is 0.305 e. The van der Waals surface area contributed by atoms with E-state index in [4.69, 9.17) is 5.73 Å². The van der Waals surface area contributed by atoms with E-state index in [1.165, 1.54) is 7.11 Å². The minimum absolute atomic E-state index is 0.0235. The highest BCUT2D eigenvalue weighted by molar-refractivity contribution is 5.87. The Balaban J connectivity index is 2.50. The molecule has 0 saturated carbocycles. The minimum atomic E-state index is -0.870. The molecule has 20 heavy (non-hydrogen) atoms. The molecule has 3 N–H and O–H groups in total. The van der Waals surface area contributed by atoms with Crippen LogP contribution in [0.3, 0.4) is 0 Å². The molecular weight excluding hydrogens is 260 g/mol. The Morgan fingerprint density at radius 1 is 1.25 bits per heavy atom. The Labute approximate surface area is 117 Å². The second-order valence-corrected chi connectivity index (χ2v) is 4.30. The van der Waals surface area contributed by atoms with Gasteiger partial charge in [0.25, 0.3) is 0 Å². The van der Waals surface area contributed by atoms with E-state index in [1.807, 2.05) is 30.3 Å². The zero-order chi connectivity index (χ0) is 15.0. The number of hydrogen-bond acceptors (Lipinski definition) is 4. The first-order valence-corrected chi connectivity index (χ1v) is 6.22. The summed E-state index contributed by atoms with van der Waals surface area (Å²) in [4.78, 5) is 34.1. The van der Waals surface area contributed by atoms with E-state index < -0.39 is 17.9 Å². The Hall–Kier alpha value is -2.37. The molecule has 6 nitrogen and oxygen atoms in total. The number of ether oxygens (including phenoxy) is 1. The zero-order valence-corrected chi connectivity index (χ0v) is 11.3. The Kier molecular flexibility index (Phi) is 6.22. The van der Waals surface area contributed by atoms with Crippen molar-refractivity contribution in [3.8, 4) is 0 Å². The molecule has 1 rings (SSSR count). The summed E-state index contributed by atoms with van der Waals surface area (Å²) >= 11 is 0. The second-order valence-electron chi connectivity index (χ2n) is 4.30. The number of amides is 2. The highest BCUT2D eigenvalue weighted by atomic mass is 16.5. The average molecular weight is 278 g/mol. The van der Waals surface area contributed by atoms with Crippen LogP contribution in [0.5, 0.6) is 0 Å². The Morgan fingerprint density at radius 3 is 2.45 bits per heavy atom. The summed E-state index contributed by atoms with van der Waals surface area (Å²) in [5.41, 5.74) is 6.03. The first-order valence-electron chi connectivity index (χ1n) is 6.22. The fourth-order valence-electron chi connectivity index (χ4n) is 1.68. The molecule has 6 heteroatoms. The van der Waals surface area contributed by atoms with Crippen LogP contribution in [-0.4, -0.2) is 30.9 Å². The summed E-state index contributed by atoms with van der Waals surface area (Å²) in [6.45, 7) is 0. The molecule has 108 valence electrons. The number of carbonyl (C=O) groups excluding carboxylic acids is 3. The summed E-state index contributed by atoms with van der Waals surface area (Å²) in [6.07, 6.45) is 0.307. The summed E-state index contributed by atoms with van der Waals surface area (Å²) in [5.74, 6) is -1.44. The van der Waals surface area contributed by atoms with Crippen molar-refractivity contribution < 1.29 is 19.1 Å². The summed E-state index contributed by atoms with van der Waals surface area (Å²) in [5, 5.41) is 2.52. The fraction of sp³-hybridized carbons (Fsp3) is 0.357. The minimum Gasteiger partial charge on any atom is -0.469 e. The number of esters is 1. The van der Waals surface area contributed by atoms with Gasteiger partial charge in [-0.15, -0.1) is 0 Å². The third-order valence-corrected chi connectivity index (χ3v) is 2.75. The van der Waals surface area contributed by atoms with Gasteiger partial charge in [0.15, 0.2) is 0 Å². The molecule has 0 radical (unpaired) electrons. The lowest BCUT2D eigenvalue weighted by Gasteiger charge is -2.14. The molecule has 1 aromatic carbocycles. The molecule has 2 amide bonds. The van der Waals surface area contributed by atoms with Gasteiger partial charge in [0.1, 0.15) is 6.04 Å². The number of nitrogens with one attached hydrogen (secondary N) is 1. The van der Waals surface area contributed by atoms with E-state index >= 15 is 0 Å². The van der Waals surface area contributed by atoms with Crippen molar-refractivity contribution in [3.63, 3.8) is 0 Å². The van der Waals surface area contributed by atoms with Crippen LogP contribution in [-0.2, 0) is 25.5 Å². The van der Waals surface area contributed by atoms with Crippen LogP contribution in [0.1, 0.15) is 18.4 Å². The number of hydrogen-bond donors (Lipinski definition) is 2. The molecule has 0 aliphatic heterocycles. The molecule has 0 saturated heterocycles. The zero-order valence-electron chi connectivity index (χ0n) is 11.3. The molecule has 0 aliphatic carbocycles. The molecule has 0 unspecified atom stereocenters. The van der Waals surface area contributed by atoms with E-state index in [0.717, 1.165) is 5.56 Å². The molecule has 0 heterocycles. The fourth-order valence-corrected chi connectivity index (χ4v) is 1.68. The monoisotopic (exact) mass is 278 g/mol. The van der Waals surface area contributed by atoms with Gasteiger partial charge in [-0.25, -0.2) is 0 Å². The highest BCUT2D eigenvalue weighted by Crippen LogP contribution is 2.02. The van der Waals surface area contributed by atoms with Crippen LogP contribution in [0, 0.1) is 0 Å². The van der Waals surface area contributed by atoms with Gasteiger partial charge < -0.3 is 15.8 Å². The summed E-state index contributed by atoms with van der Waals surface area (Å²) in [7, 11) is 1.26. The first-order chi connectivity index (χ1) is 9.52. The maximum absolute atomic E-state index is 11.8. The van der Waals surface area contributed by atoms with Crippen molar-refractivity contribution in [1.82, 2.24) is 5.32 Å². The Bertz CT molecular complexity index is 473. The Morgan fingerprint density at radius 2 is 1.90 bits per heavy atom. The van der Waals surface area contributed by atoms with E-state index in [0.29, 0.717) is 0 Å². The van der Waals surface area contributed by atoms with Crippen molar-refractivity contribution in [1.29, 1.82) is 0 Å². The number of methoxy groups -OCH3 is 1. The molecular formula is C14H18N2O4. The predicted octanol–water partition coefficient (Wildman–Crippen LogP) is 0.152. The molecule has 0 bridgehead atoms. The van der Waals surface area contributed by atoms with Crippen molar-refractivity contribution in [3.05, 3.63) is 35.9 Å². The van der Waals surface area contributed by atoms with Crippen LogP contribution < -0.4 is 11.1 Å². The maximum Gasteiger partial charge on any atom is 0.305 e. The van der Waals surface area contributed by atoms with E-state index in [1.54, 1.807) is 0 Å². The SMILES string of the molecule is COC(=O)CC[C@H](NC(=O)Cc1ccccc1)C(N)=O. The second kappa shape index (κ2) is 7.93. The standard InChI is InChI=1S/C14H18N2O4/c1-20-13(18)8-7-11(14(15)19)16-12(17)9-10-5-3-2-4-6-10/h2-6,11H,7-9H2,1H3,(H2,15,19)(H,16,17)/t11-/m0/s1. The molecule has 0 aliphatic rings. The lowest BCUT2D eigenvalue weighted by atomic mass is 10.1. The largest absolute Gasteiger partial charge is 0.469 e. The van der Waals surface area contributed by atoms with E-state index in [2.05, 4.69) is 10.1 Å². The number of nitrogens with two attached hydrogens (primary N) is 1. The highest BCUT2D eigenvalue weighted by Gasteiger charge is 2.19. The third kappa shape index (κ3) is 5.51. The van der Waals surface area contributed by atoms with E-state index in [-0.39, 0.29) is 25.2 Å². The van der Waals surface area contributed by atoms with Gasteiger partial charge in [0, 0.05) is 6.42 Å². The number of rotatable bonds is 7. The third-order valence-electron chi connectivity index (χ3n) is 2.75. The van der Waals surface area contributed by atoms with Crippen molar-refractivity contribution >= 4 is 17.8 Å². The summed E-state index contributed by atoms with van der Waals surface area (Å²) in [6, 6.07) is 8.26. The van der Waals surface area contributed by atoms with Gasteiger partial charge in [-0.3, -0.25) is 14.4 Å². The van der Waals surface area contributed by atoms with Crippen LogP contribution in [0.15, 0.2) is 30.3 Å². The normalized spacial score (nSPS) is 11.4. The average Bonchev–Trinajstić information content (AvgIpc) is 2.43.